The number of ether oxygens (including phenoxy) is 2. The van der Waals surface area contributed by atoms with E-state index in [0.29, 0.717) is 12.3 Å². The molecule has 1 atom stereocenters. The highest BCUT2D eigenvalue weighted by molar-refractivity contribution is 5.39. The number of nitrogens with zero attached hydrogens (tertiary/aromatic N) is 2. The lowest BCUT2D eigenvalue weighted by Crippen LogP contribution is -2.52. The standard InChI is InChI=1S/C23H32N2O4/c1-17-12-18(4-7-23(17)29-3)14-25-10-9-24(16-20(25)8-11-26)15-19-13-21(28-2)5-6-22(19)27/h4-7,12-13,20,26-27H,8-11,14-16H2,1-3H3. The molecule has 1 aliphatic rings. The highest BCUT2D eigenvalue weighted by Crippen LogP contribution is 2.26. The zero-order valence-electron chi connectivity index (χ0n) is 17.6. The maximum Gasteiger partial charge on any atom is 0.121 e. The third-order valence-corrected chi connectivity index (χ3v) is 5.68. The van der Waals surface area contributed by atoms with E-state index in [4.69, 9.17) is 9.47 Å². The smallest absolute Gasteiger partial charge is 0.121 e. The van der Waals surface area contributed by atoms with Crippen molar-refractivity contribution in [1.29, 1.82) is 0 Å². The van der Waals surface area contributed by atoms with Crippen LogP contribution in [0.1, 0.15) is 23.1 Å². The quantitative estimate of drug-likeness (QED) is 0.710. The van der Waals surface area contributed by atoms with Gasteiger partial charge in [0.15, 0.2) is 0 Å². The number of rotatable bonds is 8. The molecule has 2 N–H and O–H groups in total. The summed E-state index contributed by atoms with van der Waals surface area (Å²) in [6, 6.07) is 11.9. The Morgan fingerprint density at radius 1 is 1.03 bits per heavy atom. The number of aromatic hydroxyl groups is 1. The molecule has 2 aromatic rings. The van der Waals surface area contributed by atoms with Crippen molar-refractivity contribution in [2.24, 2.45) is 0 Å². The molecule has 3 rings (SSSR count). The van der Waals surface area contributed by atoms with Gasteiger partial charge < -0.3 is 19.7 Å². The minimum atomic E-state index is 0.168. The SMILES string of the molecule is COc1ccc(O)c(CN2CCN(Cc3ccc(OC)c(C)c3)C(CCO)C2)c1. The number of aliphatic hydroxyl groups excluding tert-OH is 1. The summed E-state index contributed by atoms with van der Waals surface area (Å²) in [5, 5.41) is 19.8. The fraction of sp³-hybridized carbons (Fsp3) is 0.478. The minimum absolute atomic E-state index is 0.168. The molecule has 1 unspecified atom stereocenters. The van der Waals surface area contributed by atoms with Crippen LogP contribution in [0.25, 0.3) is 0 Å². The van der Waals surface area contributed by atoms with Crippen LogP contribution in [-0.4, -0.2) is 66.5 Å². The molecule has 2 aromatic carbocycles. The van der Waals surface area contributed by atoms with Crippen LogP contribution in [0.3, 0.4) is 0 Å². The van der Waals surface area contributed by atoms with Crippen molar-refractivity contribution in [3.8, 4) is 17.2 Å². The highest BCUT2D eigenvalue weighted by atomic mass is 16.5. The van der Waals surface area contributed by atoms with E-state index < -0.39 is 0 Å². The number of benzene rings is 2. The van der Waals surface area contributed by atoms with Crippen LogP contribution in [0.2, 0.25) is 0 Å². The molecule has 1 aliphatic heterocycles. The largest absolute Gasteiger partial charge is 0.508 e. The molecule has 0 amide bonds. The molecule has 6 heteroatoms. The molecule has 0 radical (unpaired) electrons. The van der Waals surface area contributed by atoms with E-state index >= 15 is 0 Å². The van der Waals surface area contributed by atoms with Gasteiger partial charge >= 0.3 is 0 Å². The molecule has 0 spiro atoms. The fourth-order valence-electron chi connectivity index (χ4n) is 4.06. The zero-order valence-corrected chi connectivity index (χ0v) is 17.6. The van der Waals surface area contributed by atoms with Gasteiger partial charge in [0, 0.05) is 50.9 Å². The van der Waals surface area contributed by atoms with Crippen molar-refractivity contribution in [2.45, 2.75) is 32.5 Å². The highest BCUT2D eigenvalue weighted by Gasteiger charge is 2.27. The van der Waals surface area contributed by atoms with Crippen molar-refractivity contribution < 1.29 is 19.7 Å². The number of methoxy groups -OCH3 is 2. The van der Waals surface area contributed by atoms with Gasteiger partial charge in [-0.05, 0) is 48.7 Å². The first kappa shape index (κ1) is 21.4. The lowest BCUT2D eigenvalue weighted by molar-refractivity contribution is 0.0496. The van der Waals surface area contributed by atoms with E-state index in [0.717, 1.165) is 55.2 Å². The number of aliphatic hydroxyl groups is 1. The molecule has 0 aromatic heterocycles. The van der Waals surface area contributed by atoms with Gasteiger partial charge in [0.1, 0.15) is 17.2 Å². The fourth-order valence-corrected chi connectivity index (χ4v) is 4.06. The first-order valence-corrected chi connectivity index (χ1v) is 10.1. The molecular formula is C23H32N2O4. The second-order valence-corrected chi connectivity index (χ2v) is 7.67. The Labute approximate surface area is 173 Å². The van der Waals surface area contributed by atoms with Crippen LogP contribution in [0, 0.1) is 6.92 Å². The summed E-state index contributed by atoms with van der Waals surface area (Å²) in [5.74, 6) is 1.95. The second kappa shape index (κ2) is 9.96. The predicted molar refractivity (Wildman–Crippen MR) is 114 cm³/mol. The van der Waals surface area contributed by atoms with Gasteiger partial charge in [-0.2, -0.15) is 0 Å². The summed E-state index contributed by atoms with van der Waals surface area (Å²) in [5.41, 5.74) is 3.26. The van der Waals surface area contributed by atoms with Crippen molar-refractivity contribution in [3.05, 3.63) is 53.1 Å². The summed E-state index contributed by atoms with van der Waals surface area (Å²) in [6.45, 7) is 6.43. The average Bonchev–Trinajstić information content (AvgIpc) is 2.72. The first-order valence-electron chi connectivity index (χ1n) is 10.1. The summed E-state index contributed by atoms with van der Waals surface area (Å²) in [6.07, 6.45) is 0.732. The maximum absolute atomic E-state index is 10.2. The number of piperazine rings is 1. The summed E-state index contributed by atoms with van der Waals surface area (Å²) in [7, 11) is 3.33. The van der Waals surface area contributed by atoms with Gasteiger partial charge in [-0.1, -0.05) is 12.1 Å². The van der Waals surface area contributed by atoms with Crippen LogP contribution in [0.4, 0.5) is 0 Å². The maximum atomic E-state index is 10.2. The van der Waals surface area contributed by atoms with Crippen molar-refractivity contribution >= 4 is 0 Å². The second-order valence-electron chi connectivity index (χ2n) is 7.67. The number of phenolic OH excluding ortho intramolecular Hbond substituents is 1. The molecule has 1 saturated heterocycles. The Balaban J connectivity index is 1.67. The summed E-state index contributed by atoms with van der Waals surface area (Å²) >= 11 is 0. The predicted octanol–water partition coefficient (Wildman–Crippen LogP) is 2.79. The van der Waals surface area contributed by atoms with E-state index in [1.54, 1.807) is 26.4 Å². The van der Waals surface area contributed by atoms with E-state index in [1.165, 1.54) is 5.56 Å². The molecular weight excluding hydrogens is 368 g/mol. The third kappa shape index (κ3) is 5.41. The number of hydrogen-bond acceptors (Lipinski definition) is 6. The van der Waals surface area contributed by atoms with Crippen LogP contribution in [-0.2, 0) is 13.1 Å². The Kier molecular flexibility index (Phi) is 7.36. The zero-order chi connectivity index (χ0) is 20.8. The van der Waals surface area contributed by atoms with Gasteiger partial charge in [0.25, 0.3) is 0 Å². The number of hydrogen-bond donors (Lipinski definition) is 2. The monoisotopic (exact) mass is 400 g/mol. The number of phenols is 1. The third-order valence-electron chi connectivity index (χ3n) is 5.68. The lowest BCUT2D eigenvalue weighted by Gasteiger charge is -2.41. The average molecular weight is 401 g/mol. The molecule has 1 heterocycles. The van der Waals surface area contributed by atoms with E-state index in [-0.39, 0.29) is 12.6 Å². The number of aryl methyl sites for hydroxylation is 1. The topological polar surface area (TPSA) is 65.4 Å². The van der Waals surface area contributed by atoms with Gasteiger partial charge in [-0.15, -0.1) is 0 Å². The van der Waals surface area contributed by atoms with Gasteiger partial charge in [-0.25, -0.2) is 0 Å². The van der Waals surface area contributed by atoms with Crippen LogP contribution in [0.15, 0.2) is 36.4 Å². The Hall–Kier alpha value is -2.28. The van der Waals surface area contributed by atoms with E-state index in [1.807, 2.05) is 12.1 Å². The van der Waals surface area contributed by atoms with E-state index in [2.05, 4.69) is 28.9 Å². The van der Waals surface area contributed by atoms with Crippen molar-refractivity contribution in [3.63, 3.8) is 0 Å². The van der Waals surface area contributed by atoms with Crippen LogP contribution in [0.5, 0.6) is 17.2 Å². The molecule has 1 fully saturated rings. The lowest BCUT2D eigenvalue weighted by atomic mass is 10.0. The minimum Gasteiger partial charge on any atom is -0.508 e. The van der Waals surface area contributed by atoms with Gasteiger partial charge in [0.2, 0.25) is 0 Å². The molecule has 158 valence electrons. The van der Waals surface area contributed by atoms with Gasteiger partial charge in [0.05, 0.1) is 14.2 Å². The normalized spacial score (nSPS) is 18.0. The summed E-state index contributed by atoms with van der Waals surface area (Å²) < 4.78 is 10.7. The first-order chi connectivity index (χ1) is 14.0. The Morgan fingerprint density at radius 3 is 2.55 bits per heavy atom. The van der Waals surface area contributed by atoms with Crippen molar-refractivity contribution in [2.75, 3.05) is 40.5 Å². The Bertz CT molecular complexity index is 811. The van der Waals surface area contributed by atoms with Crippen LogP contribution < -0.4 is 9.47 Å². The Morgan fingerprint density at radius 2 is 1.86 bits per heavy atom. The molecule has 0 bridgehead atoms. The molecule has 0 saturated carbocycles. The van der Waals surface area contributed by atoms with Crippen molar-refractivity contribution in [1.82, 2.24) is 9.80 Å². The summed E-state index contributed by atoms with van der Waals surface area (Å²) in [4.78, 5) is 4.78. The van der Waals surface area contributed by atoms with E-state index in [9.17, 15) is 10.2 Å². The molecule has 29 heavy (non-hydrogen) atoms. The van der Waals surface area contributed by atoms with Gasteiger partial charge in [-0.3, -0.25) is 9.80 Å². The molecule has 0 aliphatic carbocycles. The molecule has 6 nitrogen and oxygen atoms in total. The van der Waals surface area contributed by atoms with Crippen LogP contribution >= 0.6 is 0 Å².